The van der Waals surface area contributed by atoms with Crippen molar-refractivity contribution in [2.24, 2.45) is 0 Å². The summed E-state index contributed by atoms with van der Waals surface area (Å²) >= 11 is 0. The van der Waals surface area contributed by atoms with E-state index < -0.39 is 11.8 Å². The molecule has 0 spiro atoms. The molecule has 0 amide bonds. The fourth-order valence-corrected chi connectivity index (χ4v) is 1.41. The van der Waals surface area contributed by atoms with Crippen LogP contribution in [0.3, 0.4) is 0 Å². The summed E-state index contributed by atoms with van der Waals surface area (Å²) in [6.07, 6.45) is 5.89. The molecule has 0 atom stereocenters. The number of carbonyl (C=O) groups is 1. The van der Waals surface area contributed by atoms with Crippen LogP contribution in [0, 0.1) is 5.82 Å². The zero-order valence-electron chi connectivity index (χ0n) is 10.0. The van der Waals surface area contributed by atoms with Crippen molar-refractivity contribution < 1.29 is 14.3 Å². The number of nitrogens with zero attached hydrogens (tertiary/aromatic N) is 5. The van der Waals surface area contributed by atoms with Gasteiger partial charge in [0.2, 0.25) is 0 Å². The minimum atomic E-state index is -1.21. The Bertz CT molecular complexity index is 651. The number of aromatic amines is 1. The van der Waals surface area contributed by atoms with Gasteiger partial charge in [-0.25, -0.2) is 13.9 Å². The normalized spacial score (nSPS) is 9.65. The molecule has 1 aromatic carbocycles. The van der Waals surface area contributed by atoms with Crippen LogP contribution in [-0.4, -0.2) is 41.5 Å². The Morgan fingerprint density at radius 2 is 2.00 bits per heavy atom. The summed E-state index contributed by atoms with van der Waals surface area (Å²) in [4.78, 5) is 10.8. The smallest absolute Gasteiger partial charge is 0.338 e. The zero-order valence-corrected chi connectivity index (χ0v) is 10.0. The molecule has 9 heteroatoms. The van der Waals surface area contributed by atoms with E-state index in [1.807, 2.05) is 0 Å². The van der Waals surface area contributed by atoms with E-state index in [1.54, 1.807) is 12.4 Å². The second kappa shape index (κ2) is 6.18. The SMILES string of the molecule is O=C(O)c1cccc(F)c1-n1ccnn1.c1cn[nH]n1. The maximum absolute atomic E-state index is 13.4. The monoisotopic (exact) mass is 276 g/mol. The Labute approximate surface area is 111 Å². The van der Waals surface area contributed by atoms with E-state index in [9.17, 15) is 9.18 Å². The first kappa shape index (κ1) is 13.3. The average Bonchev–Trinajstić information content (AvgIpc) is 3.14. The summed E-state index contributed by atoms with van der Waals surface area (Å²) in [6, 6.07) is 3.81. The molecule has 2 N–H and O–H groups in total. The molecule has 102 valence electrons. The summed E-state index contributed by atoms with van der Waals surface area (Å²) in [5, 5.41) is 25.2. The van der Waals surface area contributed by atoms with Crippen LogP contribution in [0.2, 0.25) is 0 Å². The average molecular weight is 276 g/mol. The number of para-hydroxylation sites is 1. The van der Waals surface area contributed by atoms with Crippen molar-refractivity contribution in [2.45, 2.75) is 0 Å². The minimum Gasteiger partial charge on any atom is -0.478 e. The van der Waals surface area contributed by atoms with Gasteiger partial charge in [-0.1, -0.05) is 11.3 Å². The molecule has 0 bridgehead atoms. The first-order valence-corrected chi connectivity index (χ1v) is 5.38. The standard InChI is InChI=1S/C9H6FN3O2.C2H3N3/c10-7-3-1-2-6(9(14)15)8(7)13-5-4-11-12-13;1-2-4-5-3-1/h1-5H,(H,14,15);1-2H,(H,3,4,5). The molecule has 2 heterocycles. The van der Waals surface area contributed by atoms with Crippen LogP contribution in [0.4, 0.5) is 4.39 Å². The maximum Gasteiger partial charge on any atom is 0.338 e. The Balaban J connectivity index is 0.000000247. The molecular weight excluding hydrogens is 267 g/mol. The number of aromatic nitrogens is 6. The van der Waals surface area contributed by atoms with Crippen LogP contribution in [0.15, 0.2) is 43.0 Å². The fraction of sp³-hybridized carbons (Fsp3) is 0. The van der Waals surface area contributed by atoms with E-state index in [-0.39, 0.29) is 11.3 Å². The van der Waals surface area contributed by atoms with Gasteiger partial charge in [0.15, 0.2) is 0 Å². The van der Waals surface area contributed by atoms with Gasteiger partial charge < -0.3 is 5.11 Å². The van der Waals surface area contributed by atoms with Crippen molar-refractivity contribution >= 4 is 5.97 Å². The van der Waals surface area contributed by atoms with Gasteiger partial charge in [-0.15, -0.1) is 5.10 Å². The van der Waals surface area contributed by atoms with Gasteiger partial charge in [0.25, 0.3) is 0 Å². The predicted octanol–water partition coefficient (Wildman–Crippen LogP) is 0.909. The highest BCUT2D eigenvalue weighted by Gasteiger charge is 2.16. The lowest BCUT2D eigenvalue weighted by Gasteiger charge is -2.05. The van der Waals surface area contributed by atoms with Crippen molar-refractivity contribution in [3.8, 4) is 5.69 Å². The predicted molar refractivity (Wildman–Crippen MR) is 64.7 cm³/mol. The number of hydrogen-bond donors (Lipinski definition) is 2. The maximum atomic E-state index is 13.4. The van der Waals surface area contributed by atoms with E-state index in [0.717, 1.165) is 4.68 Å². The van der Waals surface area contributed by atoms with Crippen LogP contribution in [0.25, 0.3) is 5.69 Å². The molecule has 3 aromatic rings. The number of carboxylic acids is 1. The van der Waals surface area contributed by atoms with Crippen LogP contribution in [-0.2, 0) is 0 Å². The third kappa shape index (κ3) is 3.02. The minimum absolute atomic E-state index is 0.109. The molecule has 0 saturated heterocycles. The number of nitrogens with one attached hydrogen (secondary N) is 1. The Hall–Kier alpha value is -3.10. The molecule has 0 aliphatic heterocycles. The molecule has 0 unspecified atom stereocenters. The first-order chi connectivity index (χ1) is 9.70. The summed E-state index contributed by atoms with van der Waals surface area (Å²) in [7, 11) is 0. The lowest BCUT2D eigenvalue weighted by molar-refractivity contribution is 0.0696. The van der Waals surface area contributed by atoms with Crippen molar-refractivity contribution in [1.29, 1.82) is 0 Å². The number of carboxylic acid groups (broad SMARTS) is 1. The Morgan fingerprint density at radius 3 is 2.50 bits per heavy atom. The molecule has 0 aliphatic carbocycles. The van der Waals surface area contributed by atoms with E-state index in [2.05, 4.69) is 25.7 Å². The Kier molecular flexibility index (Phi) is 4.12. The van der Waals surface area contributed by atoms with Gasteiger partial charge in [-0.3, -0.25) is 0 Å². The van der Waals surface area contributed by atoms with Crippen molar-refractivity contribution in [3.63, 3.8) is 0 Å². The number of aromatic carboxylic acids is 1. The molecule has 3 rings (SSSR count). The summed E-state index contributed by atoms with van der Waals surface area (Å²) in [5.41, 5.74) is -0.261. The molecule has 8 nitrogen and oxygen atoms in total. The largest absolute Gasteiger partial charge is 0.478 e. The number of benzene rings is 1. The third-order valence-corrected chi connectivity index (χ3v) is 2.20. The summed E-state index contributed by atoms with van der Waals surface area (Å²) in [6.45, 7) is 0. The molecule has 0 aliphatic rings. The van der Waals surface area contributed by atoms with Gasteiger partial charge in [-0.2, -0.15) is 15.4 Å². The highest BCUT2D eigenvalue weighted by Crippen LogP contribution is 2.17. The lowest BCUT2D eigenvalue weighted by Crippen LogP contribution is -2.08. The highest BCUT2D eigenvalue weighted by atomic mass is 19.1. The fourth-order valence-electron chi connectivity index (χ4n) is 1.41. The number of H-pyrrole nitrogens is 1. The number of rotatable bonds is 2. The second-order valence-corrected chi connectivity index (χ2v) is 3.45. The summed E-state index contributed by atoms with van der Waals surface area (Å²) in [5.74, 6) is -1.86. The van der Waals surface area contributed by atoms with E-state index in [1.165, 1.54) is 30.6 Å². The van der Waals surface area contributed by atoms with Gasteiger partial charge in [0.1, 0.15) is 11.5 Å². The molecule has 0 saturated carbocycles. The van der Waals surface area contributed by atoms with E-state index in [4.69, 9.17) is 5.11 Å². The summed E-state index contributed by atoms with van der Waals surface area (Å²) < 4.78 is 14.5. The van der Waals surface area contributed by atoms with Crippen LogP contribution in [0.1, 0.15) is 10.4 Å². The molecule has 0 fully saturated rings. The molecular formula is C11H9FN6O2. The van der Waals surface area contributed by atoms with Crippen molar-refractivity contribution in [1.82, 2.24) is 30.4 Å². The van der Waals surface area contributed by atoms with Gasteiger partial charge >= 0.3 is 5.97 Å². The van der Waals surface area contributed by atoms with Crippen molar-refractivity contribution in [2.75, 3.05) is 0 Å². The van der Waals surface area contributed by atoms with Gasteiger partial charge in [-0.05, 0) is 12.1 Å². The highest BCUT2D eigenvalue weighted by molar-refractivity contribution is 5.91. The van der Waals surface area contributed by atoms with Crippen LogP contribution in [0.5, 0.6) is 0 Å². The van der Waals surface area contributed by atoms with E-state index in [0.29, 0.717) is 0 Å². The van der Waals surface area contributed by atoms with Crippen LogP contribution < -0.4 is 0 Å². The first-order valence-electron chi connectivity index (χ1n) is 5.38. The number of hydrogen-bond acceptors (Lipinski definition) is 5. The van der Waals surface area contributed by atoms with E-state index >= 15 is 0 Å². The van der Waals surface area contributed by atoms with Gasteiger partial charge in [0.05, 0.1) is 30.4 Å². The Morgan fingerprint density at radius 1 is 1.25 bits per heavy atom. The van der Waals surface area contributed by atoms with Gasteiger partial charge in [0, 0.05) is 0 Å². The van der Waals surface area contributed by atoms with Crippen LogP contribution >= 0.6 is 0 Å². The van der Waals surface area contributed by atoms with Crippen molar-refractivity contribution in [3.05, 3.63) is 54.4 Å². The zero-order chi connectivity index (χ0) is 14.4. The number of halogens is 1. The molecule has 20 heavy (non-hydrogen) atoms. The topological polar surface area (TPSA) is 110 Å². The second-order valence-electron chi connectivity index (χ2n) is 3.45. The molecule has 0 radical (unpaired) electrons. The molecule has 2 aromatic heterocycles. The quantitative estimate of drug-likeness (QED) is 0.720. The lowest BCUT2D eigenvalue weighted by atomic mass is 10.1. The third-order valence-electron chi connectivity index (χ3n) is 2.20.